The van der Waals surface area contributed by atoms with E-state index in [1.165, 1.54) is 4.90 Å². The van der Waals surface area contributed by atoms with Crippen molar-refractivity contribution in [3.8, 4) is 0 Å². The van der Waals surface area contributed by atoms with Crippen LogP contribution in [0.4, 0.5) is 4.79 Å². The van der Waals surface area contributed by atoms with E-state index in [1.807, 2.05) is 34.6 Å². The number of hydrogen-bond acceptors (Lipinski definition) is 5. The molecule has 2 fully saturated rings. The lowest BCUT2D eigenvalue weighted by Crippen LogP contribution is -2.50. The van der Waals surface area contributed by atoms with Crippen molar-refractivity contribution in [2.24, 2.45) is 0 Å². The predicted octanol–water partition coefficient (Wildman–Crippen LogP) is 2.06. The molecule has 22 heavy (non-hydrogen) atoms. The summed E-state index contributed by atoms with van der Waals surface area (Å²) in [5, 5.41) is 10.4. The Labute approximate surface area is 132 Å². The molecule has 1 amide bonds. The van der Waals surface area contributed by atoms with E-state index >= 15 is 0 Å². The van der Waals surface area contributed by atoms with Crippen molar-refractivity contribution in [1.82, 2.24) is 4.90 Å². The molecule has 0 bridgehead atoms. The Hall–Kier alpha value is -1.11. The zero-order valence-corrected chi connectivity index (χ0v) is 14.0. The van der Waals surface area contributed by atoms with Crippen molar-refractivity contribution >= 4 is 6.09 Å². The van der Waals surface area contributed by atoms with E-state index in [-0.39, 0.29) is 12.2 Å². The maximum atomic E-state index is 12.4. The molecule has 0 aromatic rings. The monoisotopic (exact) mass is 313 g/mol. The lowest BCUT2D eigenvalue weighted by atomic mass is 10.0. The van der Waals surface area contributed by atoms with Crippen molar-refractivity contribution in [3.05, 3.63) is 12.7 Å². The molecule has 2 heterocycles. The minimum Gasteiger partial charge on any atom is -0.444 e. The van der Waals surface area contributed by atoms with Gasteiger partial charge in [0.1, 0.15) is 17.8 Å². The van der Waals surface area contributed by atoms with Gasteiger partial charge in [-0.1, -0.05) is 6.08 Å². The number of carbonyl (C=O) groups excluding carboxylic acids is 1. The fourth-order valence-electron chi connectivity index (χ4n) is 3.04. The van der Waals surface area contributed by atoms with E-state index in [9.17, 15) is 9.90 Å². The predicted molar refractivity (Wildman–Crippen MR) is 81.4 cm³/mol. The summed E-state index contributed by atoms with van der Waals surface area (Å²) in [5.41, 5.74) is -0.594. The summed E-state index contributed by atoms with van der Waals surface area (Å²) in [4.78, 5) is 13.9. The topological polar surface area (TPSA) is 68.2 Å². The maximum absolute atomic E-state index is 12.4. The Morgan fingerprint density at radius 1 is 1.50 bits per heavy atom. The fourth-order valence-corrected chi connectivity index (χ4v) is 3.04. The van der Waals surface area contributed by atoms with Crippen LogP contribution in [0.3, 0.4) is 0 Å². The van der Waals surface area contributed by atoms with Crippen LogP contribution in [0.1, 0.15) is 41.0 Å². The number of likely N-dealkylation sites (tertiary alicyclic amines) is 1. The standard InChI is InChI=1S/C16H27NO5/c1-7-8-10(18)12-13-11(20-16(5,6)21-13)9-17(12)14(19)22-15(2,3)4/h7,10-13,18H,1,8-9H2,2-6H3/t10-,11-,12+,13-/m1/s1. The molecule has 126 valence electrons. The first-order valence-corrected chi connectivity index (χ1v) is 7.68. The van der Waals surface area contributed by atoms with Crippen molar-refractivity contribution < 1.29 is 24.1 Å². The molecule has 1 N–H and O–H groups in total. The SMILES string of the molecule is C=CC[C@@H](O)[C@H]1[C@@H]2OC(C)(C)O[C@@H]2CN1C(=O)OC(C)(C)C. The zero-order valence-electron chi connectivity index (χ0n) is 14.0. The second kappa shape index (κ2) is 5.83. The highest BCUT2D eigenvalue weighted by molar-refractivity contribution is 5.69. The van der Waals surface area contributed by atoms with Gasteiger partial charge in [0.05, 0.1) is 18.7 Å². The average Bonchev–Trinajstić information content (AvgIpc) is 2.78. The highest BCUT2D eigenvalue weighted by Gasteiger charge is 2.56. The van der Waals surface area contributed by atoms with Gasteiger partial charge in [0.2, 0.25) is 0 Å². The van der Waals surface area contributed by atoms with Gasteiger partial charge in [-0.25, -0.2) is 4.79 Å². The van der Waals surface area contributed by atoms with E-state index < -0.39 is 29.6 Å². The fraction of sp³-hybridized carbons (Fsp3) is 0.812. The number of ether oxygens (including phenoxy) is 3. The van der Waals surface area contributed by atoms with Gasteiger partial charge in [-0.15, -0.1) is 6.58 Å². The molecule has 0 radical (unpaired) electrons. The molecule has 2 saturated heterocycles. The molecule has 4 atom stereocenters. The first-order chi connectivity index (χ1) is 10.0. The van der Waals surface area contributed by atoms with Gasteiger partial charge in [0.25, 0.3) is 0 Å². The Morgan fingerprint density at radius 3 is 2.68 bits per heavy atom. The molecule has 0 saturated carbocycles. The summed E-state index contributed by atoms with van der Waals surface area (Å²) >= 11 is 0. The smallest absolute Gasteiger partial charge is 0.410 e. The summed E-state index contributed by atoms with van der Waals surface area (Å²) < 4.78 is 17.2. The van der Waals surface area contributed by atoms with Gasteiger partial charge < -0.3 is 19.3 Å². The van der Waals surface area contributed by atoms with E-state index in [0.717, 1.165) is 0 Å². The van der Waals surface area contributed by atoms with E-state index in [0.29, 0.717) is 13.0 Å². The van der Waals surface area contributed by atoms with Crippen LogP contribution < -0.4 is 0 Å². The highest BCUT2D eigenvalue weighted by Crippen LogP contribution is 2.38. The number of amides is 1. The van der Waals surface area contributed by atoms with Crippen LogP contribution in [0, 0.1) is 0 Å². The number of carbonyl (C=O) groups is 1. The molecule has 2 aliphatic rings. The molecule has 0 unspecified atom stereocenters. The highest BCUT2D eigenvalue weighted by atomic mass is 16.8. The minimum absolute atomic E-state index is 0.257. The molecule has 6 nitrogen and oxygen atoms in total. The number of fused-ring (bicyclic) bond motifs is 1. The van der Waals surface area contributed by atoms with E-state index in [4.69, 9.17) is 14.2 Å². The van der Waals surface area contributed by atoms with Crippen molar-refractivity contribution in [2.75, 3.05) is 6.54 Å². The van der Waals surface area contributed by atoms with Gasteiger partial charge in [-0.05, 0) is 41.0 Å². The number of aliphatic hydroxyl groups is 1. The van der Waals surface area contributed by atoms with Crippen LogP contribution in [0.5, 0.6) is 0 Å². The van der Waals surface area contributed by atoms with Crippen molar-refractivity contribution in [3.63, 3.8) is 0 Å². The molecule has 2 aliphatic heterocycles. The quantitative estimate of drug-likeness (QED) is 0.808. The van der Waals surface area contributed by atoms with Gasteiger partial charge in [-0.3, -0.25) is 4.90 Å². The third kappa shape index (κ3) is 3.62. The molecule has 0 aliphatic carbocycles. The summed E-state index contributed by atoms with van der Waals surface area (Å²) in [5.74, 6) is -0.707. The normalized spacial score (nSPS) is 31.7. The first-order valence-electron chi connectivity index (χ1n) is 7.68. The van der Waals surface area contributed by atoms with Crippen LogP contribution in [0.25, 0.3) is 0 Å². The second-order valence-corrected chi connectivity index (χ2v) is 7.35. The molecule has 0 aromatic heterocycles. The number of hydrogen-bond donors (Lipinski definition) is 1. The first kappa shape index (κ1) is 17.2. The summed E-state index contributed by atoms with van der Waals surface area (Å²) in [7, 11) is 0. The zero-order chi connectivity index (χ0) is 16.7. The molecule has 2 rings (SSSR count). The largest absolute Gasteiger partial charge is 0.444 e. The lowest BCUT2D eigenvalue weighted by Gasteiger charge is -2.33. The van der Waals surface area contributed by atoms with Gasteiger partial charge >= 0.3 is 6.09 Å². The lowest BCUT2D eigenvalue weighted by molar-refractivity contribution is -0.165. The van der Waals surface area contributed by atoms with Gasteiger partial charge in [-0.2, -0.15) is 0 Å². The Balaban J connectivity index is 2.19. The van der Waals surface area contributed by atoms with Crippen LogP contribution >= 0.6 is 0 Å². The average molecular weight is 313 g/mol. The number of aliphatic hydroxyl groups excluding tert-OH is 1. The van der Waals surface area contributed by atoms with Crippen molar-refractivity contribution in [1.29, 1.82) is 0 Å². The third-order valence-electron chi connectivity index (χ3n) is 3.73. The van der Waals surface area contributed by atoms with Crippen LogP contribution in [-0.2, 0) is 14.2 Å². The van der Waals surface area contributed by atoms with Gasteiger partial charge in [0, 0.05) is 0 Å². The molecular weight excluding hydrogens is 286 g/mol. The summed E-state index contributed by atoms with van der Waals surface area (Å²) in [6.07, 6.45) is 0.158. The molecule has 0 aromatic carbocycles. The van der Waals surface area contributed by atoms with Crippen LogP contribution in [0.15, 0.2) is 12.7 Å². The number of rotatable bonds is 3. The molecule has 0 spiro atoms. The Kier molecular flexibility index (Phi) is 4.57. The number of nitrogens with zero attached hydrogens (tertiary/aromatic N) is 1. The molecular formula is C16H27NO5. The van der Waals surface area contributed by atoms with Crippen LogP contribution in [0.2, 0.25) is 0 Å². The minimum atomic E-state index is -0.766. The van der Waals surface area contributed by atoms with E-state index in [2.05, 4.69) is 6.58 Å². The Morgan fingerprint density at radius 2 is 2.14 bits per heavy atom. The maximum Gasteiger partial charge on any atom is 0.410 e. The third-order valence-corrected chi connectivity index (χ3v) is 3.73. The second-order valence-electron chi connectivity index (χ2n) is 7.35. The van der Waals surface area contributed by atoms with E-state index in [1.54, 1.807) is 6.08 Å². The Bertz CT molecular complexity index is 442. The summed E-state index contributed by atoms with van der Waals surface area (Å²) in [6.45, 7) is 13.1. The van der Waals surface area contributed by atoms with Crippen LogP contribution in [-0.4, -0.2) is 58.4 Å². The molecule has 6 heteroatoms. The summed E-state index contributed by atoms with van der Waals surface area (Å²) in [6, 6.07) is -0.500. The van der Waals surface area contributed by atoms with Gasteiger partial charge in [0.15, 0.2) is 5.79 Å². The van der Waals surface area contributed by atoms with Crippen molar-refractivity contribution in [2.45, 2.75) is 76.8 Å².